The van der Waals surface area contributed by atoms with Crippen LogP contribution in [0.25, 0.3) is 0 Å². The van der Waals surface area contributed by atoms with Crippen molar-refractivity contribution >= 4 is 23.0 Å². The molecule has 1 aliphatic heterocycles. The fourth-order valence-electron chi connectivity index (χ4n) is 3.38. The molecule has 1 aliphatic carbocycles. The van der Waals surface area contributed by atoms with Crippen molar-refractivity contribution in [2.24, 2.45) is 16.0 Å². The average Bonchev–Trinajstić information content (AvgIpc) is 3.04. The van der Waals surface area contributed by atoms with Crippen LogP contribution in [0.4, 0.5) is 5.69 Å². The summed E-state index contributed by atoms with van der Waals surface area (Å²) in [6.07, 6.45) is 8.91. The van der Waals surface area contributed by atoms with Crippen LogP contribution in [-0.2, 0) is 4.79 Å². The van der Waals surface area contributed by atoms with Crippen molar-refractivity contribution in [2.75, 3.05) is 11.6 Å². The number of benzene rings is 1. The van der Waals surface area contributed by atoms with E-state index in [9.17, 15) is 4.79 Å². The van der Waals surface area contributed by atoms with Crippen molar-refractivity contribution in [3.63, 3.8) is 0 Å². The molecule has 1 unspecified atom stereocenters. The Balaban J connectivity index is 0.00000155. The maximum absolute atomic E-state index is 12.8. The van der Waals surface area contributed by atoms with E-state index in [0.717, 1.165) is 28.4 Å². The number of hydrogen-bond acceptors (Lipinski definition) is 4. The van der Waals surface area contributed by atoms with Crippen LogP contribution in [0.3, 0.4) is 0 Å². The fourth-order valence-corrected chi connectivity index (χ4v) is 3.38. The maximum Gasteiger partial charge on any atom is 0.256 e. The summed E-state index contributed by atoms with van der Waals surface area (Å²) in [4.78, 5) is 17.6. The molecule has 5 nitrogen and oxygen atoms in total. The van der Waals surface area contributed by atoms with Crippen molar-refractivity contribution in [2.45, 2.75) is 54.0 Å². The van der Waals surface area contributed by atoms with Crippen molar-refractivity contribution in [1.29, 1.82) is 0 Å². The summed E-state index contributed by atoms with van der Waals surface area (Å²) in [5.74, 6) is -0.160. The Morgan fingerprint density at radius 2 is 1.93 bits per heavy atom. The van der Waals surface area contributed by atoms with Crippen LogP contribution in [0.5, 0.6) is 0 Å². The summed E-state index contributed by atoms with van der Waals surface area (Å²) in [5, 5.41) is 9.48. The predicted molar refractivity (Wildman–Crippen MR) is 128 cm³/mol. The van der Waals surface area contributed by atoms with Crippen LogP contribution in [0, 0.1) is 5.92 Å². The minimum atomic E-state index is -0.195. The molecule has 1 aromatic carbocycles. The van der Waals surface area contributed by atoms with Crippen molar-refractivity contribution in [3.05, 3.63) is 65.9 Å². The quantitative estimate of drug-likeness (QED) is 0.699. The SMILES string of the molecule is C/C=C1/C=CC=C(NCCC2C(=O)N(c3ccccc3)N=C2C)C1=NC(C)C.CC. The summed E-state index contributed by atoms with van der Waals surface area (Å²) in [7, 11) is 0. The third kappa shape index (κ3) is 5.56. The highest BCUT2D eigenvalue weighted by Crippen LogP contribution is 2.25. The number of amides is 1. The number of nitrogens with one attached hydrogen (secondary N) is 1. The zero-order valence-electron chi connectivity index (χ0n) is 19.0. The van der Waals surface area contributed by atoms with Gasteiger partial charge in [-0.15, -0.1) is 0 Å². The molecule has 1 heterocycles. The van der Waals surface area contributed by atoms with E-state index in [2.05, 4.69) is 36.4 Å². The topological polar surface area (TPSA) is 57.1 Å². The first kappa shape index (κ1) is 23.3. The molecule has 1 N–H and O–H groups in total. The number of carbonyl (C=O) groups excluding carboxylic acids is 1. The molecular formula is C25H34N4O. The zero-order chi connectivity index (χ0) is 22.1. The van der Waals surface area contributed by atoms with E-state index in [1.807, 2.05) is 70.2 Å². The van der Waals surface area contributed by atoms with Crippen LogP contribution < -0.4 is 10.3 Å². The lowest BCUT2D eigenvalue weighted by Gasteiger charge is -2.19. The standard InChI is InChI=1S/C23H28N4O.C2H6/c1-5-18-10-9-13-21(22(18)25-16(2)3)24-15-14-20-17(4)26-27(23(20)28)19-11-7-6-8-12-19;1-2/h5-13,16,20,24H,14-15H2,1-4H3;1-2H3/b18-5-,25-22?;. The Morgan fingerprint density at radius 3 is 2.57 bits per heavy atom. The van der Waals surface area contributed by atoms with Gasteiger partial charge in [0, 0.05) is 18.3 Å². The molecule has 30 heavy (non-hydrogen) atoms. The molecule has 1 aromatic rings. The molecule has 0 saturated carbocycles. The number of aliphatic imine (C=N–C) groups is 1. The Kier molecular flexibility index (Phi) is 8.78. The van der Waals surface area contributed by atoms with Gasteiger partial charge in [0.05, 0.1) is 23.0 Å². The molecule has 0 bridgehead atoms. The number of anilines is 1. The lowest BCUT2D eigenvalue weighted by atomic mass is 9.99. The van der Waals surface area contributed by atoms with E-state index in [1.54, 1.807) is 0 Å². The number of hydrogen-bond donors (Lipinski definition) is 1. The third-order valence-corrected chi connectivity index (χ3v) is 4.78. The maximum atomic E-state index is 12.8. The number of carbonyl (C=O) groups is 1. The Hall–Kier alpha value is -2.95. The second kappa shape index (κ2) is 11.3. The minimum Gasteiger partial charge on any atom is -0.383 e. The van der Waals surface area contributed by atoms with Crippen LogP contribution in [-0.4, -0.2) is 29.9 Å². The molecule has 0 spiro atoms. The van der Waals surface area contributed by atoms with Crippen molar-refractivity contribution in [3.8, 4) is 0 Å². The van der Waals surface area contributed by atoms with Gasteiger partial charge in [-0.1, -0.05) is 50.3 Å². The number of rotatable bonds is 6. The van der Waals surface area contributed by atoms with Gasteiger partial charge in [0.1, 0.15) is 0 Å². The first-order valence-electron chi connectivity index (χ1n) is 10.8. The first-order valence-corrected chi connectivity index (χ1v) is 10.8. The summed E-state index contributed by atoms with van der Waals surface area (Å²) in [6, 6.07) is 9.79. The van der Waals surface area contributed by atoms with E-state index < -0.39 is 0 Å². The van der Waals surface area contributed by atoms with E-state index in [4.69, 9.17) is 4.99 Å². The van der Waals surface area contributed by atoms with E-state index in [1.165, 1.54) is 5.01 Å². The molecule has 0 fully saturated rings. The molecule has 0 saturated heterocycles. The van der Waals surface area contributed by atoms with E-state index in [-0.39, 0.29) is 17.9 Å². The Bertz CT molecular complexity index is 876. The molecular weight excluding hydrogens is 372 g/mol. The Morgan fingerprint density at radius 1 is 1.23 bits per heavy atom. The zero-order valence-corrected chi connectivity index (χ0v) is 19.0. The number of para-hydroxylation sites is 1. The van der Waals surface area contributed by atoms with Gasteiger partial charge in [0.15, 0.2) is 0 Å². The number of nitrogens with zero attached hydrogens (tertiary/aromatic N) is 3. The first-order chi connectivity index (χ1) is 14.5. The average molecular weight is 407 g/mol. The normalized spacial score (nSPS) is 21.0. The smallest absolute Gasteiger partial charge is 0.256 e. The van der Waals surface area contributed by atoms with Gasteiger partial charge in [0.25, 0.3) is 5.91 Å². The highest BCUT2D eigenvalue weighted by molar-refractivity contribution is 6.15. The number of hydrazone groups is 1. The molecule has 2 aliphatic rings. The van der Waals surface area contributed by atoms with Crippen molar-refractivity contribution in [1.82, 2.24) is 5.32 Å². The number of allylic oxidation sites excluding steroid dienone is 5. The van der Waals surface area contributed by atoms with Gasteiger partial charge >= 0.3 is 0 Å². The lowest BCUT2D eigenvalue weighted by molar-refractivity contribution is -0.119. The molecule has 3 rings (SSSR count). The molecule has 0 aromatic heterocycles. The molecule has 1 amide bonds. The van der Waals surface area contributed by atoms with Gasteiger partial charge < -0.3 is 5.32 Å². The summed E-state index contributed by atoms with van der Waals surface area (Å²) < 4.78 is 0. The van der Waals surface area contributed by atoms with Crippen LogP contribution in [0.15, 0.2) is 76.0 Å². The molecule has 0 radical (unpaired) electrons. The summed E-state index contributed by atoms with van der Waals surface area (Å²) in [6.45, 7) is 12.8. The van der Waals surface area contributed by atoms with Crippen LogP contribution >= 0.6 is 0 Å². The van der Waals surface area contributed by atoms with E-state index >= 15 is 0 Å². The van der Waals surface area contributed by atoms with Gasteiger partial charge in [-0.3, -0.25) is 9.79 Å². The monoisotopic (exact) mass is 406 g/mol. The highest BCUT2D eigenvalue weighted by atomic mass is 16.2. The molecule has 5 heteroatoms. The highest BCUT2D eigenvalue weighted by Gasteiger charge is 2.33. The van der Waals surface area contributed by atoms with Gasteiger partial charge in [-0.05, 0) is 57.9 Å². The Labute approximate surface area is 181 Å². The summed E-state index contributed by atoms with van der Waals surface area (Å²) in [5.41, 5.74) is 4.77. The fraction of sp³-hybridized carbons (Fsp3) is 0.400. The summed E-state index contributed by atoms with van der Waals surface area (Å²) >= 11 is 0. The molecule has 1 atom stereocenters. The third-order valence-electron chi connectivity index (χ3n) is 4.78. The second-order valence-electron chi connectivity index (χ2n) is 7.25. The second-order valence-corrected chi connectivity index (χ2v) is 7.25. The van der Waals surface area contributed by atoms with Crippen LogP contribution in [0.2, 0.25) is 0 Å². The van der Waals surface area contributed by atoms with Gasteiger partial charge in [-0.2, -0.15) is 5.10 Å². The lowest BCUT2D eigenvalue weighted by Crippen LogP contribution is -2.31. The minimum absolute atomic E-state index is 0.0354. The largest absolute Gasteiger partial charge is 0.383 e. The van der Waals surface area contributed by atoms with Gasteiger partial charge in [0.2, 0.25) is 0 Å². The predicted octanol–water partition coefficient (Wildman–Crippen LogP) is 5.28. The van der Waals surface area contributed by atoms with Gasteiger partial charge in [-0.25, -0.2) is 5.01 Å². The van der Waals surface area contributed by atoms with E-state index in [0.29, 0.717) is 13.0 Å². The van der Waals surface area contributed by atoms with Crippen LogP contribution in [0.1, 0.15) is 48.0 Å². The van der Waals surface area contributed by atoms with Crippen molar-refractivity contribution < 1.29 is 4.79 Å². The molecule has 160 valence electrons.